The standard InChI is InChI=1S/C9H10N4O4/c1-2-4-6-7(12-11-4)13(3-5(14)15)9(17)10-8(6)16/h2-3H2,1H3,(H,11,12)(H,14,15)(H,10,16,17). The van der Waals surface area contributed by atoms with Crippen LogP contribution in [0.3, 0.4) is 0 Å². The third kappa shape index (κ3) is 1.73. The van der Waals surface area contributed by atoms with Crippen molar-refractivity contribution in [1.29, 1.82) is 0 Å². The fraction of sp³-hybridized carbons (Fsp3) is 0.333. The third-order valence-electron chi connectivity index (χ3n) is 2.42. The van der Waals surface area contributed by atoms with E-state index < -0.39 is 23.8 Å². The van der Waals surface area contributed by atoms with Crippen LogP contribution >= 0.6 is 0 Å². The Bertz CT molecular complexity index is 693. The van der Waals surface area contributed by atoms with E-state index in [1.165, 1.54) is 0 Å². The number of carbonyl (C=O) groups is 1. The van der Waals surface area contributed by atoms with Gasteiger partial charge in [0, 0.05) is 5.69 Å². The molecule has 2 rings (SSSR count). The number of H-pyrrole nitrogens is 2. The average Bonchev–Trinajstić information content (AvgIpc) is 2.67. The molecule has 0 aliphatic heterocycles. The molecule has 8 heteroatoms. The first-order valence-corrected chi connectivity index (χ1v) is 4.96. The zero-order chi connectivity index (χ0) is 12.6. The molecule has 0 atom stereocenters. The van der Waals surface area contributed by atoms with Crippen LogP contribution < -0.4 is 11.2 Å². The molecule has 0 aromatic carbocycles. The minimum atomic E-state index is -1.18. The number of hydrogen-bond donors (Lipinski definition) is 3. The van der Waals surface area contributed by atoms with Crippen molar-refractivity contribution < 1.29 is 9.90 Å². The fourth-order valence-corrected chi connectivity index (χ4v) is 1.66. The lowest BCUT2D eigenvalue weighted by molar-refractivity contribution is -0.137. The number of aliphatic carboxylic acids is 1. The maximum Gasteiger partial charge on any atom is 0.330 e. The van der Waals surface area contributed by atoms with Gasteiger partial charge in [0.05, 0.1) is 0 Å². The highest BCUT2D eigenvalue weighted by molar-refractivity contribution is 5.78. The predicted octanol–water partition coefficient (Wildman–Crippen LogP) is -0.940. The lowest BCUT2D eigenvalue weighted by atomic mass is 10.2. The summed E-state index contributed by atoms with van der Waals surface area (Å²) < 4.78 is 0.911. The molecule has 0 unspecified atom stereocenters. The van der Waals surface area contributed by atoms with E-state index in [9.17, 15) is 14.4 Å². The molecule has 0 aliphatic rings. The van der Waals surface area contributed by atoms with Crippen molar-refractivity contribution in [3.05, 3.63) is 26.5 Å². The maximum atomic E-state index is 11.6. The van der Waals surface area contributed by atoms with Crippen molar-refractivity contribution in [2.45, 2.75) is 19.9 Å². The molecule has 17 heavy (non-hydrogen) atoms. The van der Waals surface area contributed by atoms with Gasteiger partial charge >= 0.3 is 11.7 Å². The Kier molecular flexibility index (Phi) is 2.54. The quantitative estimate of drug-likeness (QED) is 0.637. The number of hydrogen-bond acceptors (Lipinski definition) is 4. The van der Waals surface area contributed by atoms with Crippen molar-refractivity contribution in [1.82, 2.24) is 19.7 Å². The van der Waals surface area contributed by atoms with E-state index in [0.717, 1.165) is 4.57 Å². The van der Waals surface area contributed by atoms with Crippen LogP contribution in [0.4, 0.5) is 0 Å². The smallest absolute Gasteiger partial charge is 0.330 e. The van der Waals surface area contributed by atoms with Crippen LogP contribution in [0, 0.1) is 0 Å². The molecular weight excluding hydrogens is 228 g/mol. The normalized spacial score (nSPS) is 10.9. The van der Waals surface area contributed by atoms with Crippen LogP contribution in [0.2, 0.25) is 0 Å². The Hall–Kier alpha value is -2.38. The van der Waals surface area contributed by atoms with Gasteiger partial charge in [0.1, 0.15) is 11.9 Å². The van der Waals surface area contributed by atoms with Gasteiger partial charge in [-0.1, -0.05) is 6.92 Å². The maximum absolute atomic E-state index is 11.6. The van der Waals surface area contributed by atoms with E-state index in [1.807, 2.05) is 6.92 Å². The van der Waals surface area contributed by atoms with Gasteiger partial charge in [0.15, 0.2) is 5.65 Å². The van der Waals surface area contributed by atoms with E-state index in [1.54, 1.807) is 0 Å². The summed E-state index contributed by atoms with van der Waals surface area (Å²) in [6.45, 7) is 1.28. The minimum Gasteiger partial charge on any atom is -0.480 e. The van der Waals surface area contributed by atoms with Gasteiger partial charge in [-0.2, -0.15) is 5.10 Å². The number of nitrogens with zero attached hydrogens (tertiary/aromatic N) is 2. The van der Waals surface area contributed by atoms with Crippen molar-refractivity contribution >= 4 is 17.0 Å². The van der Waals surface area contributed by atoms with E-state index in [0.29, 0.717) is 12.1 Å². The molecule has 0 radical (unpaired) electrons. The molecule has 0 saturated carbocycles. The zero-order valence-electron chi connectivity index (χ0n) is 8.98. The molecule has 8 nitrogen and oxygen atoms in total. The van der Waals surface area contributed by atoms with Crippen molar-refractivity contribution in [2.75, 3.05) is 0 Å². The Morgan fingerprint density at radius 1 is 1.47 bits per heavy atom. The van der Waals surface area contributed by atoms with E-state index in [2.05, 4.69) is 15.2 Å². The highest BCUT2D eigenvalue weighted by Gasteiger charge is 2.15. The van der Waals surface area contributed by atoms with Gasteiger partial charge in [-0.05, 0) is 6.42 Å². The molecule has 2 heterocycles. The van der Waals surface area contributed by atoms with Crippen molar-refractivity contribution in [3.8, 4) is 0 Å². The number of aryl methyl sites for hydroxylation is 1. The molecule has 0 amide bonds. The van der Waals surface area contributed by atoms with Crippen molar-refractivity contribution in [3.63, 3.8) is 0 Å². The van der Waals surface area contributed by atoms with Crippen LogP contribution in [-0.2, 0) is 17.8 Å². The first kappa shape index (κ1) is 11.1. The largest absolute Gasteiger partial charge is 0.480 e. The molecule has 0 bridgehead atoms. The highest BCUT2D eigenvalue weighted by Crippen LogP contribution is 2.09. The van der Waals surface area contributed by atoms with Crippen LogP contribution in [0.25, 0.3) is 11.0 Å². The summed E-state index contributed by atoms with van der Waals surface area (Å²) in [6, 6.07) is 0. The number of rotatable bonds is 3. The van der Waals surface area contributed by atoms with E-state index in [-0.39, 0.29) is 11.0 Å². The summed E-state index contributed by atoms with van der Waals surface area (Å²) in [5, 5.41) is 15.4. The van der Waals surface area contributed by atoms with Gasteiger partial charge in [0.2, 0.25) is 0 Å². The average molecular weight is 238 g/mol. The molecule has 0 saturated heterocycles. The molecule has 2 aromatic rings. The summed E-state index contributed by atoms with van der Waals surface area (Å²) in [5.41, 5.74) is -0.699. The summed E-state index contributed by atoms with van der Waals surface area (Å²) >= 11 is 0. The number of aromatic nitrogens is 4. The van der Waals surface area contributed by atoms with Crippen LogP contribution in [-0.4, -0.2) is 30.8 Å². The first-order chi connectivity index (χ1) is 8.04. The van der Waals surface area contributed by atoms with Gasteiger partial charge < -0.3 is 5.11 Å². The Balaban J connectivity index is 2.84. The van der Waals surface area contributed by atoms with Crippen LogP contribution in [0.1, 0.15) is 12.6 Å². The van der Waals surface area contributed by atoms with Crippen molar-refractivity contribution in [2.24, 2.45) is 0 Å². The zero-order valence-corrected chi connectivity index (χ0v) is 8.98. The summed E-state index contributed by atoms with van der Waals surface area (Å²) in [6.07, 6.45) is 0.533. The predicted molar refractivity (Wildman–Crippen MR) is 58.0 cm³/mol. The summed E-state index contributed by atoms with van der Waals surface area (Å²) in [5.74, 6) is -1.18. The molecule has 0 spiro atoms. The van der Waals surface area contributed by atoms with Gasteiger partial charge in [-0.3, -0.25) is 24.2 Å². The first-order valence-electron chi connectivity index (χ1n) is 4.96. The van der Waals surface area contributed by atoms with E-state index >= 15 is 0 Å². The van der Waals surface area contributed by atoms with Gasteiger partial charge in [-0.25, -0.2) is 4.79 Å². The second-order valence-electron chi connectivity index (χ2n) is 3.49. The molecule has 0 aliphatic carbocycles. The lowest BCUT2D eigenvalue weighted by Gasteiger charge is -2.01. The SMILES string of the molecule is CCc1[nH]nc2c1c(=O)[nH]c(=O)n2CC(=O)O. The molecule has 90 valence electrons. The summed E-state index contributed by atoms with van der Waals surface area (Å²) in [4.78, 5) is 35.8. The van der Waals surface area contributed by atoms with Crippen LogP contribution in [0.5, 0.6) is 0 Å². The Morgan fingerprint density at radius 3 is 2.76 bits per heavy atom. The Labute approximate surface area is 93.9 Å². The fourth-order valence-electron chi connectivity index (χ4n) is 1.66. The molecule has 2 aromatic heterocycles. The topological polar surface area (TPSA) is 121 Å². The summed E-state index contributed by atoms with van der Waals surface area (Å²) in [7, 11) is 0. The monoisotopic (exact) mass is 238 g/mol. The number of carboxylic acid groups (broad SMARTS) is 1. The Morgan fingerprint density at radius 2 is 2.18 bits per heavy atom. The second kappa shape index (κ2) is 3.89. The second-order valence-corrected chi connectivity index (χ2v) is 3.49. The highest BCUT2D eigenvalue weighted by atomic mass is 16.4. The number of carboxylic acids is 1. The molecule has 0 fully saturated rings. The number of fused-ring (bicyclic) bond motifs is 1. The van der Waals surface area contributed by atoms with Crippen LogP contribution in [0.15, 0.2) is 9.59 Å². The number of nitrogens with one attached hydrogen (secondary N) is 2. The lowest BCUT2D eigenvalue weighted by Crippen LogP contribution is -2.32. The number of aromatic amines is 2. The molecule has 3 N–H and O–H groups in total. The van der Waals surface area contributed by atoms with Gasteiger partial charge in [0.25, 0.3) is 5.56 Å². The third-order valence-corrected chi connectivity index (χ3v) is 2.42. The van der Waals surface area contributed by atoms with Gasteiger partial charge in [-0.15, -0.1) is 0 Å². The minimum absolute atomic E-state index is 0.0676. The molecular formula is C9H10N4O4. The van der Waals surface area contributed by atoms with E-state index in [4.69, 9.17) is 5.11 Å².